The second kappa shape index (κ2) is 11.9. The predicted octanol–water partition coefficient (Wildman–Crippen LogP) is 3.13. The number of aliphatic carboxylic acids is 1. The molecule has 3 N–H and O–H groups in total. The van der Waals surface area contributed by atoms with E-state index in [1.165, 1.54) is 0 Å². The highest BCUT2D eigenvalue weighted by molar-refractivity contribution is 5.96. The molecule has 10 heteroatoms. The average molecular weight is 532 g/mol. The highest BCUT2D eigenvalue weighted by Gasteiger charge is 2.23. The van der Waals surface area contributed by atoms with Crippen LogP contribution in [-0.4, -0.2) is 76.6 Å². The molecule has 0 unspecified atom stereocenters. The van der Waals surface area contributed by atoms with Gasteiger partial charge < -0.3 is 25.3 Å². The molecule has 3 aromatic rings. The Morgan fingerprint density at radius 3 is 2.13 bits per heavy atom. The number of aromatic nitrogens is 2. The van der Waals surface area contributed by atoms with Crippen molar-refractivity contribution < 1.29 is 24.6 Å². The van der Waals surface area contributed by atoms with E-state index in [2.05, 4.69) is 44.5 Å². The summed E-state index contributed by atoms with van der Waals surface area (Å²) in [6.45, 7) is 2.78. The molecule has 2 aromatic carbocycles. The van der Waals surface area contributed by atoms with Gasteiger partial charge in [0.2, 0.25) is 0 Å². The second-order valence-electron chi connectivity index (χ2n) is 9.96. The number of carbonyl (C=O) groups is 3. The summed E-state index contributed by atoms with van der Waals surface area (Å²) < 4.78 is 0. The first-order chi connectivity index (χ1) is 18.6. The monoisotopic (exact) mass is 531 g/mol. The Hall–Kier alpha value is -4.47. The number of hydrogen-bond donors (Lipinski definition) is 3. The molecule has 0 saturated carbocycles. The molecule has 0 spiro atoms. The fraction of sp³-hybridized carbons (Fsp3) is 0.345. The van der Waals surface area contributed by atoms with Gasteiger partial charge >= 0.3 is 5.97 Å². The van der Waals surface area contributed by atoms with Gasteiger partial charge in [0.05, 0.1) is 5.69 Å². The van der Waals surface area contributed by atoms with Crippen LogP contribution < -0.4 is 10.2 Å². The summed E-state index contributed by atoms with van der Waals surface area (Å²) in [4.78, 5) is 47.7. The molecule has 204 valence electrons. The molecule has 0 radical (unpaired) electrons. The predicted molar refractivity (Wildman–Crippen MR) is 147 cm³/mol. The number of carboxylic acid groups (broad SMARTS) is 1. The summed E-state index contributed by atoms with van der Waals surface area (Å²) in [6.07, 6.45) is 2.42. The van der Waals surface area contributed by atoms with Gasteiger partial charge in [-0.05, 0) is 61.1 Å². The van der Waals surface area contributed by atoms with Crippen LogP contribution in [0, 0.1) is 12.8 Å². The van der Waals surface area contributed by atoms with E-state index in [1.54, 1.807) is 25.9 Å². The summed E-state index contributed by atoms with van der Waals surface area (Å²) in [5, 5.41) is 21.2. The van der Waals surface area contributed by atoms with E-state index in [1.807, 2.05) is 24.3 Å². The molecular formula is C29H33N5O5. The largest absolute Gasteiger partial charge is 0.504 e. The molecule has 0 atom stereocenters. The Kier molecular flexibility index (Phi) is 8.43. The van der Waals surface area contributed by atoms with Crippen LogP contribution in [0.3, 0.4) is 0 Å². The Balaban J connectivity index is 1.35. The molecule has 4 rings (SSSR count). The van der Waals surface area contributed by atoms with Gasteiger partial charge in [0.1, 0.15) is 12.4 Å². The number of nitrogens with zero attached hydrogens (tertiary/aromatic N) is 4. The molecule has 2 amide bonds. The first-order valence-electron chi connectivity index (χ1n) is 12.9. The molecule has 10 nitrogen and oxygen atoms in total. The van der Waals surface area contributed by atoms with E-state index in [9.17, 15) is 19.5 Å². The van der Waals surface area contributed by atoms with Crippen molar-refractivity contribution in [3.63, 3.8) is 0 Å². The van der Waals surface area contributed by atoms with Crippen LogP contribution in [0.1, 0.15) is 45.2 Å². The normalized spacial score (nSPS) is 13.7. The van der Waals surface area contributed by atoms with Crippen molar-refractivity contribution in [2.24, 2.45) is 5.92 Å². The average Bonchev–Trinajstić information content (AvgIpc) is 2.93. The molecule has 0 bridgehead atoms. The number of amides is 2. The van der Waals surface area contributed by atoms with E-state index in [-0.39, 0.29) is 23.0 Å². The minimum Gasteiger partial charge on any atom is -0.504 e. The maximum Gasteiger partial charge on any atom is 0.322 e. The van der Waals surface area contributed by atoms with Crippen molar-refractivity contribution in [3.05, 3.63) is 71.3 Å². The van der Waals surface area contributed by atoms with E-state index < -0.39 is 18.4 Å². The molecule has 2 heterocycles. The molecule has 39 heavy (non-hydrogen) atoms. The van der Waals surface area contributed by atoms with Crippen LogP contribution in [0.5, 0.6) is 5.75 Å². The third-order valence-corrected chi connectivity index (χ3v) is 6.91. The van der Waals surface area contributed by atoms with Gasteiger partial charge in [-0.1, -0.05) is 24.3 Å². The quantitative estimate of drug-likeness (QED) is 0.403. The first kappa shape index (κ1) is 27.6. The summed E-state index contributed by atoms with van der Waals surface area (Å²) in [7, 11) is 3.48. The minimum atomic E-state index is -1.18. The maximum atomic E-state index is 12.3. The lowest BCUT2D eigenvalue weighted by molar-refractivity contribution is -0.135. The van der Waals surface area contributed by atoms with Crippen LogP contribution >= 0.6 is 0 Å². The summed E-state index contributed by atoms with van der Waals surface area (Å²) in [5.41, 5.74) is 4.03. The number of rotatable bonds is 8. The number of anilines is 1. The van der Waals surface area contributed by atoms with Gasteiger partial charge in [-0.3, -0.25) is 14.4 Å². The summed E-state index contributed by atoms with van der Waals surface area (Å²) in [6, 6.07) is 16.0. The van der Waals surface area contributed by atoms with Crippen LogP contribution in [0.25, 0.3) is 11.1 Å². The van der Waals surface area contributed by atoms with Crippen LogP contribution in [-0.2, 0) is 11.2 Å². The second-order valence-corrected chi connectivity index (χ2v) is 9.96. The van der Waals surface area contributed by atoms with Gasteiger partial charge in [-0.2, -0.15) is 0 Å². The van der Waals surface area contributed by atoms with Gasteiger partial charge in [-0.15, -0.1) is 0 Å². The number of hydrogen-bond acceptors (Lipinski definition) is 7. The van der Waals surface area contributed by atoms with Crippen molar-refractivity contribution in [2.75, 3.05) is 38.6 Å². The van der Waals surface area contributed by atoms with Gasteiger partial charge in [0.25, 0.3) is 11.8 Å². The lowest BCUT2D eigenvalue weighted by Crippen LogP contribution is -2.34. The SMILES string of the molecule is Cc1nc(CC2CCN(c3ccc(-c4ccc(C(=O)N(C)C)cc4)cc3)CC2)nc(C(=O)NCC(=O)O)c1O. The molecule has 1 saturated heterocycles. The lowest BCUT2D eigenvalue weighted by Gasteiger charge is -2.33. The number of aryl methyl sites for hydroxylation is 1. The molecular weight excluding hydrogens is 498 g/mol. The van der Waals surface area contributed by atoms with E-state index in [0.29, 0.717) is 23.7 Å². The third kappa shape index (κ3) is 6.70. The fourth-order valence-electron chi connectivity index (χ4n) is 4.70. The zero-order chi connectivity index (χ0) is 28.1. The number of carbonyl (C=O) groups excluding carboxylic acids is 2. The highest BCUT2D eigenvalue weighted by atomic mass is 16.4. The third-order valence-electron chi connectivity index (χ3n) is 6.91. The van der Waals surface area contributed by atoms with E-state index >= 15 is 0 Å². The van der Waals surface area contributed by atoms with Crippen molar-refractivity contribution in [1.82, 2.24) is 20.2 Å². The summed E-state index contributed by atoms with van der Waals surface area (Å²) >= 11 is 0. The van der Waals surface area contributed by atoms with E-state index in [0.717, 1.165) is 42.7 Å². The first-order valence-corrected chi connectivity index (χ1v) is 12.9. The van der Waals surface area contributed by atoms with Crippen LogP contribution in [0.15, 0.2) is 48.5 Å². The Labute approximate surface area is 227 Å². The van der Waals surface area contributed by atoms with Crippen molar-refractivity contribution in [1.29, 1.82) is 0 Å². The van der Waals surface area contributed by atoms with Crippen molar-refractivity contribution >= 4 is 23.5 Å². The standard InChI is InChI=1S/C29H33N5O5/c1-18-27(37)26(28(38)30-17-25(35)36)32-24(31-18)16-19-12-14-34(15-13-19)23-10-8-21(9-11-23)20-4-6-22(7-5-20)29(39)33(2)3/h4-11,19,37H,12-17H2,1-3H3,(H,30,38)(H,35,36). The zero-order valence-corrected chi connectivity index (χ0v) is 22.3. The number of nitrogens with one attached hydrogen (secondary N) is 1. The molecule has 0 aliphatic carbocycles. The Bertz CT molecular complexity index is 1350. The summed E-state index contributed by atoms with van der Waals surface area (Å²) in [5.74, 6) is -1.48. The lowest BCUT2D eigenvalue weighted by atomic mass is 9.92. The number of benzene rings is 2. The fourth-order valence-corrected chi connectivity index (χ4v) is 4.70. The highest BCUT2D eigenvalue weighted by Crippen LogP contribution is 2.29. The van der Waals surface area contributed by atoms with Crippen LogP contribution in [0.4, 0.5) is 5.69 Å². The number of carboxylic acids is 1. The molecule has 1 aliphatic rings. The maximum absolute atomic E-state index is 12.3. The smallest absolute Gasteiger partial charge is 0.322 e. The Morgan fingerprint density at radius 1 is 0.974 bits per heavy atom. The Morgan fingerprint density at radius 2 is 1.56 bits per heavy atom. The van der Waals surface area contributed by atoms with Crippen molar-refractivity contribution in [3.8, 4) is 16.9 Å². The zero-order valence-electron chi connectivity index (χ0n) is 22.3. The van der Waals surface area contributed by atoms with Gasteiger partial charge in [-0.25, -0.2) is 9.97 Å². The number of aromatic hydroxyl groups is 1. The van der Waals surface area contributed by atoms with E-state index in [4.69, 9.17) is 5.11 Å². The molecule has 1 fully saturated rings. The van der Waals surface area contributed by atoms with Crippen molar-refractivity contribution in [2.45, 2.75) is 26.2 Å². The molecule has 1 aromatic heterocycles. The van der Waals surface area contributed by atoms with Gasteiger partial charge in [0, 0.05) is 44.9 Å². The topological polar surface area (TPSA) is 136 Å². The number of piperidine rings is 1. The van der Waals surface area contributed by atoms with Gasteiger partial charge in [0.15, 0.2) is 11.4 Å². The van der Waals surface area contributed by atoms with Crippen LogP contribution in [0.2, 0.25) is 0 Å². The minimum absolute atomic E-state index is 0.0194. The molecule has 1 aliphatic heterocycles.